The molecule has 0 bridgehead atoms. The predicted molar refractivity (Wildman–Crippen MR) is 84.2 cm³/mol. The molecule has 2 N–H and O–H groups in total. The maximum Gasteiger partial charge on any atom is 0.253 e. The topological polar surface area (TPSA) is 76.3 Å². The van der Waals surface area contributed by atoms with E-state index in [4.69, 9.17) is 5.73 Å². The molecule has 1 aliphatic heterocycles. The largest absolute Gasteiger partial charge is 0.369 e. The molecular formula is C17H19N3O2. The standard InChI is InChI=1S/C17H19N3O2/c1-10-8-20(9-14(10)16(18)21)17(22)13-5-6-15-12(7-13)4-3-11(2)19-15/h3-7,10,14H,8-9H2,1-2H3,(H2,18,21)/t10-,14-/m1/s1. The Bertz CT molecular complexity index is 757. The lowest BCUT2D eigenvalue weighted by atomic mass is 9.98. The van der Waals surface area contributed by atoms with E-state index >= 15 is 0 Å². The van der Waals surface area contributed by atoms with Crippen LogP contribution in [-0.4, -0.2) is 34.8 Å². The molecule has 0 aliphatic carbocycles. The molecule has 1 aromatic heterocycles. The molecule has 2 heterocycles. The van der Waals surface area contributed by atoms with Gasteiger partial charge in [-0.25, -0.2) is 0 Å². The minimum absolute atomic E-state index is 0.0573. The molecule has 3 rings (SSSR count). The van der Waals surface area contributed by atoms with E-state index in [1.54, 1.807) is 11.0 Å². The fraction of sp³-hybridized carbons (Fsp3) is 0.353. The molecule has 2 atom stereocenters. The van der Waals surface area contributed by atoms with Crippen LogP contribution >= 0.6 is 0 Å². The summed E-state index contributed by atoms with van der Waals surface area (Å²) in [4.78, 5) is 30.2. The highest BCUT2D eigenvalue weighted by molar-refractivity contribution is 5.98. The second-order valence-electron chi connectivity index (χ2n) is 6.06. The summed E-state index contributed by atoms with van der Waals surface area (Å²) < 4.78 is 0. The van der Waals surface area contributed by atoms with Crippen LogP contribution in [0.2, 0.25) is 0 Å². The third-order valence-electron chi connectivity index (χ3n) is 4.34. The first-order valence-corrected chi connectivity index (χ1v) is 7.41. The molecule has 0 saturated carbocycles. The van der Waals surface area contributed by atoms with Gasteiger partial charge >= 0.3 is 0 Å². The Morgan fingerprint density at radius 2 is 2.00 bits per heavy atom. The van der Waals surface area contributed by atoms with E-state index in [0.29, 0.717) is 18.7 Å². The number of primary amides is 1. The molecule has 5 nitrogen and oxygen atoms in total. The van der Waals surface area contributed by atoms with Crippen molar-refractivity contribution in [2.24, 2.45) is 17.6 Å². The number of carbonyl (C=O) groups excluding carboxylic acids is 2. The van der Waals surface area contributed by atoms with Gasteiger partial charge in [0.25, 0.3) is 5.91 Å². The number of fused-ring (bicyclic) bond motifs is 1. The molecule has 22 heavy (non-hydrogen) atoms. The second-order valence-corrected chi connectivity index (χ2v) is 6.06. The average Bonchev–Trinajstić information content (AvgIpc) is 2.88. The van der Waals surface area contributed by atoms with E-state index in [2.05, 4.69) is 4.98 Å². The summed E-state index contributed by atoms with van der Waals surface area (Å²) in [6, 6.07) is 9.40. The van der Waals surface area contributed by atoms with Crippen LogP contribution in [0.15, 0.2) is 30.3 Å². The summed E-state index contributed by atoms with van der Waals surface area (Å²) in [6.45, 7) is 4.86. The van der Waals surface area contributed by atoms with E-state index in [1.165, 1.54) is 0 Å². The van der Waals surface area contributed by atoms with Gasteiger partial charge in [0.15, 0.2) is 0 Å². The summed E-state index contributed by atoms with van der Waals surface area (Å²) in [5, 5.41) is 0.940. The Balaban J connectivity index is 1.86. The number of pyridine rings is 1. The van der Waals surface area contributed by atoms with Gasteiger partial charge in [-0.3, -0.25) is 14.6 Å². The number of aryl methyl sites for hydroxylation is 1. The van der Waals surface area contributed by atoms with E-state index in [9.17, 15) is 9.59 Å². The molecule has 5 heteroatoms. The number of hydrogen-bond donors (Lipinski definition) is 1. The zero-order valence-corrected chi connectivity index (χ0v) is 12.7. The number of nitrogens with two attached hydrogens (primary N) is 1. The highest BCUT2D eigenvalue weighted by atomic mass is 16.2. The third-order valence-corrected chi connectivity index (χ3v) is 4.34. The van der Waals surface area contributed by atoms with E-state index in [1.807, 2.05) is 38.1 Å². The number of nitrogens with zero attached hydrogens (tertiary/aromatic N) is 2. The lowest BCUT2D eigenvalue weighted by Gasteiger charge is -2.16. The molecule has 114 valence electrons. The van der Waals surface area contributed by atoms with Crippen LogP contribution in [0.5, 0.6) is 0 Å². The summed E-state index contributed by atoms with van der Waals surface area (Å²) >= 11 is 0. The predicted octanol–water partition coefficient (Wildman–Crippen LogP) is 1.74. The molecule has 2 amide bonds. The smallest absolute Gasteiger partial charge is 0.253 e. The minimum atomic E-state index is -0.332. The average molecular weight is 297 g/mol. The van der Waals surface area contributed by atoms with E-state index < -0.39 is 0 Å². The van der Waals surface area contributed by atoms with Gasteiger partial charge < -0.3 is 10.6 Å². The summed E-state index contributed by atoms with van der Waals surface area (Å²) in [7, 11) is 0. The molecule has 0 spiro atoms. The fourth-order valence-corrected chi connectivity index (χ4v) is 3.05. The number of aromatic nitrogens is 1. The number of rotatable bonds is 2. The molecule has 1 aliphatic rings. The van der Waals surface area contributed by atoms with Gasteiger partial charge in [-0.1, -0.05) is 13.0 Å². The lowest BCUT2D eigenvalue weighted by Crippen LogP contribution is -2.31. The Morgan fingerprint density at radius 3 is 2.68 bits per heavy atom. The first-order chi connectivity index (χ1) is 10.5. The van der Waals surface area contributed by atoms with Gasteiger partial charge in [0.2, 0.25) is 5.91 Å². The monoisotopic (exact) mass is 297 g/mol. The van der Waals surface area contributed by atoms with Crippen LogP contribution in [0.4, 0.5) is 0 Å². The fourth-order valence-electron chi connectivity index (χ4n) is 3.05. The number of likely N-dealkylation sites (tertiary alicyclic amines) is 1. The summed E-state index contributed by atoms with van der Waals surface area (Å²) in [5.74, 6) is -0.543. The van der Waals surface area contributed by atoms with Crippen molar-refractivity contribution < 1.29 is 9.59 Å². The van der Waals surface area contributed by atoms with Crippen molar-refractivity contribution >= 4 is 22.7 Å². The van der Waals surface area contributed by atoms with Crippen LogP contribution in [0.3, 0.4) is 0 Å². The molecule has 2 aromatic rings. The molecule has 0 radical (unpaired) electrons. The van der Waals surface area contributed by atoms with Gasteiger partial charge in [-0.2, -0.15) is 0 Å². The summed E-state index contributed by atoms with van der Waals surface area (Å²) in [6.07, 6.45) is 0. The quantitative estimate of drug-likeness (QED) is 0.917. The van der Waals surface area contributed by atoms with Crippen molar-refractivity contribution in [1.29, 1.82) is 0 Å². The molecule has 1 saturated heterocycles. The van der Waals surface area contributed by atoms with Crippen molar-refractivity contribution in [2.75, 3.05) is 13.1 Å². The van der Waals surface area contributed by atoms with Crippen LogP contribution in [0.25, 0.3) is 10.9 Å². The van der Waals surface area contributed by atoms with Gasteiger partial charge in [0.05, 0.1) is 11.4 Å². The van der Waals surface area contributed by atoms with Crippen molar-refractivity contribution in [3.63, 3.8) is 0 Å². The second kappa shape index (κ2) is 5.40. The highest BCUT2D eigenvalue weighted by Gasteiger charge is 2.36. The minimum Gasteiger partial charge on any atom is -0.369 e. The Hall–Kier alpha value is -2.43. The first-order valence-electron chi connectivity index (χ1n) is 7.41. The van der Waals surface area contributed by atoms with Crippen molar-refractivity contribution in [2.45, 2.75) is 13.8 Å². The van der Waals surface area contributed by atoms with E-state index in [0.717, 1.165) is 16.6 Å². The number of benzene rings is 1. The SMILES string of the molecule is Cc1ccc2cc(C(=O)N3C[C@@H](C)[C@H](C(N)=O)C3)ccc2n1. The van der Waals surface area contributed by atoms with Crippen molar-refractivity contribution in [3.8, 4) is 0 Å². The Morgan fingerprint density at radius 1 is 1.23 bits per heavy atom. The van der Waals surface area contributed by atoms with E-state index in [-0.39, 0.29) is 23.7 Å². The Labute approximate surface area is 129 Å². The lowest BCUT2D eigenvalue weighted by molar-refractivity contribution is -0.122. The van der Waals surface area contributed by atoms with Crippen molar-refractivity contribution in [1.82, 2.24) is 9.88 Å². The molecule has 0 unspecified atom stereocenters. The normalized spacial score (nSPS) is 21.3. The van der Waals surface area contributed by atoms with Crippen LogP contribution in [-0.2, 0) is 4.79 Å². The molecular weight excluding hydrogens is 278 g/mol. The molecule has 1 aromatic carbocycles. The summed E-state index contributed by atoms with van der Waals surface area (Å²) in [5.41, 5.74) is 7.84. The zero-order valence-electron chi connectivity index (χ0n) is 12.7. The maximum absolute atomic E-state index is 12.6. The van der Waals surface area contributed by atoms with Gasteiger partial charge in [0, 0.05) is 29.7 Å². The van der Waals surface area contributed by atoms with Crippen LogP contribution in [0.1, 0.15) is 23.0 Å². The first kappa shape index (κ1) is 14.5. The highest BCUT2D eigenvalue weighted by Crippen LogP contribution is 2.25. The Kier molecular flexibility index (Phi) is 3.56. The maximum atomic E-state index is 12.6. The van der Waals surface area contributed by atoms with Gasteiger partial charge in [-0.15, -0.1) is 0 Å². The number of hydrogen-bond acceptors (Lipinski definition) is 3. The van der Waals surface area contributed by atoms with Gasteiger partial charge in [0.1, 0.15) is 0 Å². The molecule has 1 fully saturated rings. The van der Waals surface area contributed by atoms with Crippen molar-refractivity contribution in [3.05, 3.63) is 41.6 Å². The number of amides is 2. The zero-order chi connectivity index (χ0) is 15.9. The van der Waals surface area contributed by atoms with Crippen LogP contribution in [0, 0.1) is 18.8 Å². The number of carbonyl (C=O) groups is 2. The third kappa shape index (κ3) is 2.54. The van der Waals surface area contributed by atoms with Crippen LogP contribution < -0.4 is 5.73 Å². The van der Waals surface area contributed by atoms with Gasteiger partial charge in [-0.05, 0) is 37.1 Å².